The monoisotopic (exact) mass is 586 g/mol. The molecule has 0 spiro atoms. The molecule has 13 heteroatoms. The summed E-state index contributed by atoms with van der Waals surface area (Å²) in [7, 11) is -1.73. The van der Waals surface area contributed by atoms with E-state index in [0.29, 0.717) is 11.5 Å². The summed E-state index contributed by atoms with van der Waals surface area (Å²) in [4.78, 5) is 26.6. The predicted molar refractivity (Wildman–Crippen MR) is 152 cm³/mol. The van der Waals surface area contributed by atoms with Gasteiger partial charge in [0.25, 0.3) is 5.56 Å². The largest absolute Gasteiger partial charge is 0.417 e. The van der Waals surface area contributed by atoms with Gasteiger partial charge < -0.3 is 15.1 Å². The number of fused-ring (bicyclic) bond motifs is 1. The topological polar surface area (TPSA) is 100 Å². The summed E-state index contributed by atoms with van der Waals surface area (Å²) in [6, 6.07) is 11.6. The Morgan fingerprint density at radius 1 is 0.976 bits per heavy atom. The summed E-state index contributed by atoms with van der Waals surface area (Å²) >= 11 is 0. The summed E-state index contributed by atoms with van der Waals surface area (Å²) in [5, 5.41) is 3.45. The lowest BCUT2D eigenvalue weighted by Crippen LogP contribution is -2.44. The van der Waals surface area contributed by atoms with Gasteiger partial charge in [-0.1, -0.05) is 0 Å². The molecule has 0 radical (unpaired) electrons. The average Bonchev–Trinajstić information content (AvgIpc) is 2.92. The van der Waals surface area contributed by atoms with E-state index in [-0.39, 0.29) is 28.6 Å². The maximum Gasteiger partial charge on any atom is 0.417 e. The molecular formula is C28H29F3N6O3S. The van der Waals surface area contributed by atoms with E-state index in [0.717, 1.165) is 55.9 Å². The Morgan fingerprint density at radius 2 is 1.66 bits per heavy atom. The normalized spacial score (nSPS) is 14.9. The van der Waals surface area contributed by atoms with Crippen LogP contribution in [-0.2, 0) is 22.6 Å². The van der Waals surface area contributed by atoms with Crippen molar-refractivity contribution in [2.45, 2.75) is 24.5 Å². The second-order valence-electron chi connectivity index (χ2n) is 10.0. The van der Waals surface area contributed by atoms with E-state index in [1.165, 1.54) is 16.8 Å². The molecule has 2 aromatic carbocycles. The first-order valence-electron chi connectivity index (χ1n) is 13.0. The lowest BCUT2D eigenvalue weighted by atomic mass is 9.99. The first-order valence-corrected chi connectivity index (χ1v) is 14.9. The number of nitrogens with one attached hydrogen (secondary N) is 1. The van der Waals surface area contributed by atoms with Crippen LogP contribution in [0.3, 0.4) is 0 Å². The van der Waals surface area contributed by atoms with Crippen molar-refractivity contribution in [2.24, 2.45) is 0 Å². The molecule has 2 aromatic heterocycles. The molecule has 0 aliphatic carbocycles. The molecule has 0 unspecified atom stereocenters. The molecule has 1 fully saturated rings. The van der Waals surface area contributed by atoms with Gasteiger partial charge in [-0.2, -0.15) is 18.2 Å². The summed E-state index contributed by atoms with van der Waals surface area (Å²) in [5.74, 6) is 0.217. The summed E-state index contributed by atoms with van der Waals surface area (Å²) in [6.45, 7) is 5.66. The van der Waals surface area contributed by atoms with Crippen molar-refractivity contribution in [3.63, 3.8) is 0 Å². The minimum absolute atomic E-state index is 0.118. The number of likely N-dealkylation sites (N-methyl/N-ethyl adjacent to an activating group) is 1. The lowest BCUT2D eigenvalue weighted by Gasteiger charge is -2.34. The molecule has 0 saturated carbocycles. The van der Waals surface area contributed by atoms with Crippen molar-refractivity contribution in [1.82, 2.24) is 19.4 Å². The van der Waals surface area contributed by atoms with Gasteiger partial charge in [-0.25, -0.2) is 13.4 Å². The number of hydrogen-bond acceptors (Lipinski definition) is 8. The number of rotatable bonds is 6. The summed E-state index contributed by atoms with van der Waals surface area (Å²) in [5.41, 5.74) is -0.565. The van der Waals surface area contributed by atoms with Crippen LogP contribution in [0.15, 0.2) is 64.4 Å². The molecule has 5 rings (SSSR count). The van der Waals surface area contributed by atoms with Crippen molar-refractivity contribution >= 4 is 38.2 Å². The van der Waals surface area contributed by atoms with Gasteiger partial charge in [0.1, 0.15) is 5.65 Å². The Balaban J connectivity index is 1.52. The standard InChI is InChI=1S/C28H29F3N6O3S/c1-4-37-25-18(15-23(26(37)38)22-16-21(41(3,39)40)9-10-24(22)28(29,30)31)17-32-27(34-25)33-19-5-7-20(8-6-19)36-13-11-35(2)12-14-36/h5-10,15-17H,4,11-14H2,1-3H3,(H,32,33,34). The average molecular weight is 587 g/mol. The number of pyridine rings is 1. The number of benzene rings is 2. The maximum atomic E-state index is 13.9. The van der Waals surface area contributed by atoms with Crippen LogP contribution >= 0.6 is 0 Å². The van der Waals surface area contributed by atoms with Crippen molar-refractivity contribution in [3.05, 3.63) is 70.6 Å². The van der Waals surface area contributed by atoms with Crippen LogP contribution < -0.4 is 15.8 Å². The van der Waals surface area contributed by atoms with E-state index in [1.54, 1.807) is 6.92 Å². The Hall–Kier alpha value is -3.97. The van der Waals surface area contributed by atoms with Gasteiger partial charge >= 0.3 is 6.18 Å². The molecule has 1 aliphatic rings. The zero-order chi connectivity index (χ0) is 29.5. The van der Waals surface area contributed by atoms with E-state index in [9.17, 15) is 26.4 Å². The van der Waals surface area contributed by atoms with Crippen molar-refractivity contribution in [2.75, 3.05) is 49.7 Å². The Labute approximate surface area is 235 Å². The van der Waals surface area contributed by atoms with Crippen LogP contribution in [0.4, 0.5) is 30.5 Å². The SMILES string of the molecule is CCn1c(=O)c(-c2cc(S(C)(=O)=O)ccc2C(F)(F)F)cc2cnc(Nc3ccc(N4CCN(C)CC4)cc3)nc21. The minimum atomic E-state index is -4.81. The molecule has 0 amide bonds. The number of piperazine rings is 1. The van der Waals surface area contributed by atoms with E-state index >= 15 is 0 Å². The van der Waals surface area contributed by atoms with Gasteiger partial charge in [-0.15, -0.1) is 0 Å². The van der Waals surface area contributed by atoms with Crippen molar-refractivity contribution in [3.8, 4) is 11.1 Å². The highest BCUT2D eigenvalue weighted by Crippen LogP contribution is 2.38. The number of anilines is 3. The highest BCUT2D eigenvalue weighted by molar-refractivity contribution is 7.90. The first-order chi connectivity index (χ1) is 19.3. The third-order valence-electron chi connectivity index (χ3n) is 7.15. The molecule has 1 N–H and O–H groups in total. The fourth-order valence-electron chi connectivity index (χ4n) is 4.88. The van der Waals surface area contributed by atoms with Gasteiger partial charge in [-0.3, -0.25) is 9.36 Å². The molecule has 0 atom stereocenters. The van der Waals surface area contributed by atoms with Crippen molar-refractivity contribution in [1.29, 1.82) is 0 Å². The quantitative estimate of drug-likeness (QED) is 0.355. The highest BCUT2D eigenvalue weighted by atomic mass is 32.2. The van der Waals surface area contributed by atoms with Gasteiger partial charge in [0, 0.05) is 73.1 Å². The Bertz CT molecular complexity index is 1760. The number of aryl methyl sites for hydroxylation is 1. The fourth-order valence-corrected chi connectivity index (χ4v) is 5.53. The smallest absolute Gasteiger partial charge is 0.369 e. The molecule has 4 aromatic rings. The Morgan fingerprint density at radius 3 is 2.27 bits per heavy atom. The number of alkyl halides is 3. The van der Waals surface area contributed by atoms with E-state index in [1.807, 2.05) is 24.3 Å². The molecule has 216 valence electrons. The van der Waals surface area contributed by atoms with Crippen LogP contribution in [0.5, 0.6) is 0 Å². The van der Waals surface area contributed by atoms with Gasteiger partial charge in [0.05, 0.1) is 10.5 Å². The van der Waals surface area contributed by atoms with Gasteiger partial charge in [0.2, 0.25) is 5.95 Å². The van der Waals surface area contributed by atoms with Crippen LogP contribution in [0.25, 0.3) is 22.2 Å². The molecule has 1 aliphatic heterocycles. The number of hydrogen-bond donors (Lipinski definition) is 1. The van der Waals surface area contributed by atoms with Gasteiger partial charge in [0.15, 0.2) is 9.84 Å². The molecule has 9 nitrogen and oxygen atoms in total. The highest BCUT2D eigenvalue weighted by Gasteiger charge is 2.35. The maximum absolute atomic E-state index is 13.9. The number of sulfone groups is 1. The Kier molecular flexibility index (Phi) is 7.51. The van der Waals surface area contributed by atoms with Crippen LogP contribution in [0, 0.1) is 0 Å². The lowest BCUT2D eigenvalue weighted by molar-refractivity contribution is -0.137. The summed E-state index contributed by atoms with van der Waals surface area (Å²) in [6.07, 6.45) is -2.49. The zero-order valence-corrected chi connectivity index (χ0v) is 23.6. The molecule has 41 heavy (non-hydrogen) atoms. The number of aromatic nitrogens is 3. The second-order valence-corrected chi connectivity index (χ2v) is 12.0. The van der Waals surface area contributed by atoms with Crippen LogP contribution in [0.1, 0.15) is 12.5 Å². The fraction of sp³-hybridized carbons (Fsp3) is 0.321. The number of nitrogens with zero attached hydrogens (tertiary/aromatic N) is 5. The summed E-state index contributed by atoms with van der Waals surface area (Å²) < 4.78 is 67.2. The number of halogens is 3. The molecule has 1 saturated heterocycles. The second kappa shape index (κ2) is 10.8. The third-order valence-corrected chi connectivity index (χ3v) is 8.26. The van der Waals surface area contributed by atoms with E-state index in [4.69, 9.17) is 0 Å². The molecule has 0 bridgehead atoms. The molecule has 3 heterocycles. The first kappa shape index (κ1) is 28.6. The van der Waals surface area contributed by atoms with Crippen molar-refractivity contribution < 1.29 is 21.6 Å². The van der Waals surface area contributed by atoms with E-state index < -0.39 is 32.7 Å². The van der Waals surface area contributed by atoms with Gasteiger partial charge in [-0.05, 0) is 62.5 Å². The zero-order valence-electron chi connectivity index (χ0n) is 22.7. The minimum Gasteiger partial charge on any atom is -0.369 e. The van der Waals surface area contributed by atoms with Crippen LogP contribution in [0.2, 0.25) is 0 Å². The van der Waals surface area contributed by atoms with Crippen LogP contribution in [-0.4, -0.2) is 67.3 Å². The predicted octanol–water partition coefficient (Wildman–Crippen LogP) is 4.40. The molecular weight excluding hydrogens is 557 g/mol. The third kappa shape index (κ3) is 5.91. The van der Waals surface area contributed by atoms with E-state index in [2.05, 4.69) is 32.1 Å².